The van der Waals surface area contributed by atoms with Gasteiger partial charge in [0.25, 0.3) is 5.91 Å². The van der Waals surface area contributed by atoms with Gasteiger partial charge in [-0.15, -0.1) is 0 Å². The molecule has 1 fully saturated rings. The third kappa shape index (κ3) is 3.64. The zero-order valence-corrected chi connectivity index (χ0v) is 12.9. The Kier molecular flexibility index (Phi) is 4.93. The van der Waals surface area contributed by atoms with Crippen LogP contribution in [0, 0.1) is 0 Å². The summed E-state index contributed by atoms with van der Waals surface area (Å²) >= 11 is 0. The van der Waals surface area contributed by atoms with E-state index in [0.29, 0.717) is 24.7 Å². The monoisotopic (exact) mass is 331 g/mol. The normalized spacial score (nSPS) is 17.4. The van der Waals surface area contributed by atoms with Crippen LogP contribution < -0.4 is 10.1 Å². The molecule has 2 N–H and O–H groups in total. The molecule has 126 valence electrons. The number of rotatable bonds is 5. The molecule has 0 aromatic heterocycles. The molecule has 1 unspecified atom stereocenters. The first-order chi connectivity index (χ1) is 11.6. The van der Waals surface area contributed by atoms with Crippen molar-refractivity contribution in [3.05, 3.63) is 36.4 Å². The third-order valence-corrected chi connectivity index (χ3v) is 3.60. The average Bonchev–Trinajstić information content (AvgIpc) is 2.61. The highest BCUT2D eigenvalue weighted by molar-refractivity contribution is 6.05. The summed E-state index contributed by atoms with van der Waals surface area (Å²) < 4.78 is 15.9. The average molecular weight is 331 g/mol. The number of carbonyl (C=O) groups is 2. The summed E-state index contributed by atoms with van der Waals surface area (Å²) in [5.74, 6) is -0.881. The van der Waals surface area contributed by atoms with E-state index in [-0.39, 0.29) is 12.5 Å². The molecule has 0 aliphatic carbocycles. The molecule has 1 heterocycles. The largest absolute Gasteiger partial charge is 0.481 e. The van der Waals surface area contributed by atoms with Crippen LogP contribution in [0.5, 0.6) is 5.75 Å². The highest BCUT2D eigenvalue weighted by atomic mass is 16.6. The van der Waals surface area contributed by atoms with Crippen LogP contribution in [-0.2, 0) is 19.1 Å². The molecule has 0 spiro atoms. The minimum Gasteiger partial charge on any atom is -0.481 e. The Hall–Kier alpha value is -2.64. The first-order valence-corrected chi connectivity index (χ1v) is 7.51. The summed E-state index contributed by atoms with van der Waals surface area (Å²) in [7, 11) is 0. The van der Waals surface area contributed by atoms with Gasteiger partial charge in [-0.3, -0.25) is 4.79 Å². The Morgan fingerprint density at radius 2 is 1.96 bits per heavy atom. The molecule has 0 saturated carbocycles. The number of amides is 1. The number of aliphatic carboxylic acids is 1. The van der Waals surface area contributed by atoms with Crippen molar-refractivity contribution in [2.24, 2.45) is 0 Å². The van der Waals surface area contributed by atoms with Crippen molar-refractivity contribution < 1.29 is 28.9 Å². The van der Waals surface area contributed by atoms with E-state index in [4.69, 9.17) is 19.3 Å². The number of anilines is 1. The van der Waals surface area contributed by atoms with Crippen LogP contribution in [0.1, 0.15) is 0 Å². The zero-order chi connectivity index (χ0) is 16.9. The van der Waals surface area contributed by atoms with Gasteiger partial charge in [-0.05, 0) is 12.1 Å². The Bertz CT molecular complexity index is 754. The van der Waals surface area contributed by atoms with E-state index in [1.54, 1.807) is 12.1 Å². The fraction of sp³-hybridized carbons (Fsp3) is 0.294. The van der Waals surface area contributed by atoms with E-state index in [1.165, 1.54) is 0 Å². The molecule has 1 aliphatic rings. The van der Waals surface area contributed by atoms with E-state index >= 15 is 0 Å². The Labute approximate surface area is 138 Å². The maximum Gasteiger partial charge on any atom is 0.341 e. The molecule has 2 aromatic carbocycles. The highest BCUT2D eigenvalue weighted by Crippen LogP contribution is 2.31. The highest BCUT2D eigenvalue weighted by Gasteiger charge is 2.23. The summed E-state index contributed by atoms with van der Waals surface area (Å²) in [4.78, 5) is 23.0. The second-order valence-corrected chi connectivity index (χ2v) is 5.26. The van der Waals surface area contributed by atoms with Crippen LogP contribution in [0.2, 0.25) is 0 Å². The van der Waals surface area contributed by atoms with Gasteiger partial charge in [-0.2, -0.15) is 0 Å². The predicted molar refractivity (Wildman–Crippen MR) is 86.3 cm³/mol. The SMILES string of the molecule is O=C(O)COc1ccc(NC(=O)C2COCCO2)c2ccccc12. The maximum absolute atomic E-state index is 12.3. The first-order valence-electron chi connectivity index (χ1n) is 7.51. The van der Waals surface area contributed by atoms with E-state index in [2.05, 4.69) is 5.32 Å². The van der Waals surface area contributed by atoms with Crippen molar-refractivity contribution in [3.8, 4) is 5.75 Å². The van der Waals surface area contributed by atoms with Crippen LogP contribution in [0.4, 0.5) is 5.69 Å². The van der Waals surface area contributed by atoms with Gasteiger partial charge in [0.05, 0.1) is 19.8 Å². The number of benzene rings is 2. The number of ether oxygens (including phenoxy) is 3. The summed E-state index contributed by atoms with van der Waals surface area (Å²) in [5, 5.41) is 13.1. The number of hydrogen-bond donors (Lipinski definition) is 2. The van der Waals surface area contributed by atoms with Gasteiger partial charge in [0.2, 0.25) is 0 Å². The second kappa shape index (κ2) is 7.29. The minimum absolute atomic E-state index is 0.226. The van der Waals surface area contributed by atoms with E-state index in [9.17, 15) is 9.59 Å². The molecule has 7 nitrogen and oxygen atoms in total. The lowest BCUT2D eigenvalue weighted by Crippen LogP contribution is -2.39. The van der Waals surface area contributed by atoms with Gasteiger partial charge in [0.1, 0.15) is 5.75 Å². The molecule has 1 amide bonds. The summed E-state index contributed by atoms with van der Waals surface area (Å²) in [5.41, 5.74) is 0.604. The molecule has 0 bridgehead atoms. The number of hydrogen-bond acceptors (Lipinski definition) is 5. The maximum atomic E-state index is 12.3. The molecule has 7 heteroatoms. The van der Waals surface area contributed by atoms with Crippen molar-refractivity contribution in [1.82, 2.24) is 0 Å². The molecule has 3 rings (SSSR count). The van der Waals surface area contributed by atoms with Crippen LogP contribution in [0.15, 0.2) is 36.4 Å². The number of carboxylic acid groups (broad SMARTS) is 1. The van der Waals surface area contributed by atoms with Crippen molar-refractivity contribution in [2.75, 3.05) is 31.7 Å². The van der Waals surface area contributed by atoms with E-state index in [0.717, 1.165) is 10.8 Å². The van der Waals surface area contributed by atoms with Gasteiger partial charge in [-0.25, -0.2) is 4.79 Å². The Balaban J connectivity index is 1.84. The molecular formula is C17H17NO6. The van der Waals surface area contributed by atoms with Gasteiger partial charge in [0.15, 0.2) is 12.7 Å². The molecule has 1 atom stereocenters. The van der Waals surface area contributed by atoms with Gasteiger partial charge >= 0.3 is 5.97 Å². The van der Waals surface area contributed by atoms with Gasteiger partial charge in [-0.1, -0.05) is 24.3 Å². The van der Waals surface area contributed by atoms with E-state index in [1.807, 2.05) is 24.3 Å². The zero-order valence-electron chi connectivity index (χ0n) is 12.9. The topological polar surface area (TPSA) is 94.1 Å². The molecule has 0 radical (unpaired) electrons. The van der Waals surface area contributed by atoms with Gasteiger partial charge < -0.3 is 24.6 Å². The standard InChI is InChI=1S/C17H17NO6/c19-16(20)10-24-14-6-5-13(11-3-1-2-4-12(11)14)18-17(21)15-9-22-7-8-23-15/h1-6,15H,7-10H2,(H,18,21)(H,19,20). The van der Waals surface area contributed by atoms with Crippen molar-refractivity contribution in [2.45, 2.75) is 6.10 Å². The van der Waals surface area contributed by atoms with Crippen LogP contribution in [-0.4, -0.2) is 49.5 Å². The molecule has 2 aromatic rings. The van der Waals surface area contributed by atoms with Gasteiger partial charge in [0, 0.05) is 16.5 Å². The van der Waals surface area contributed by atoms with Crippen LogP contribution >= 0.6 is 0 Å². The number of nitrogens with one attached hydrogen (secondary N) is 1. The summed E-state index contributed by atoms with van der Waals surface area (Å²) in [6.07, 6.45) is -0.638. The summed E-state index contributed by atoms with van der Waals surface area (Å²) in [6.45, 7) is 0.676. The van der Waals surface area contributed by atoms with Crippen LogP contribution in [0.25, 0.3) is 10.8 Å². The van der Waals surface area contributed by atoms with Crippen LogP contribution in [0.3, 0.4) is 0 Å². The Morgan fingerprint density at radius 1 is 1.17 bits per heavy atom. The lowest BCUT2D eigenvalue weighted by Gasteiger charge is -2.22. The third-order valence-electron chi connectivity index (χ3n) is 3.60. The molecule has 1 saturated heterocycles. The van der Waals surface area contributed by atoms with Crippen molar-refractivity contribution >= 4 is 28.3 Å². The fourth-order valence-corrected chi connectivity index (χ4v) is 2.50. The van der Waals surface area contributed by atoms with Crippen molar-refractivity contribution in [1.29, 1.82) is 0 Å². The number of fused-ring (bicyclic) bond motifs is 1. The second-order valence-electron chi connectivity index (χ2n) is 5.26. The molecular weight excluding hydrogens is 314 g/mol. The lowest BCUT2D eigenvalue weighted by molar-refractivity contribution is -0.142. The predicted octanol–water partition coefficient (Wildman–Crippen LogP) is 1.66. The number of carboxylic acids is 1. The fourth-order valence-electron chi connectivity index (χ4n) is 2.50. The quantitative estimate of drug-likeness (QED) is 0.865. The lowest BCUT2D eigenvalue weighted by atomic mass is 10.1. The summed E-state index contributed by atoms with van der Waals surface area (Å²) in [6, 6.07) is 10.6. The first kappa shape index (κ1) is 16.2. The van der Waals surface area contributed by atoms with Crippen molar-refractivity contribution in [3.63, 3.8) is 0 Å². The number of carbonyl (C=O) groups excluding carboxylic acids is 1. The van der Waals surface area contributed by atoms with E-state index < -0.39 is 18.7 Å². The molecule has 24 heavy (non-hydrogen) atoms. The smallest absolute Gasteiger partial charge is 0.341 e. The Morgan fingerprint density at radius 3 is 2.67 bits per heavy atom. The molecule has 1 aliphatic heterocycles. The minimum atomic E-state index is -1.05.